The number of nitrogens with two attached hydrogens (primary N) is 1. The van der Waals surface area contributed by atoms with E-state index in [9.17, 15) is 0 Å². The average molecular weight is 319 g/mol. The lowest BCUT2D eigenvalue weighted by Crippen LogP contribution is -1.99. The minimum absolute atomic E-state index is 0.786. The summed E-state index contributed by atoms with van der Waals surface area (Å²) in [4.78, 5) is 4.13. The molecule has 4 heteroatoms. The molecule has 19 heavy (non-hydrogen) atoms. The zero-order valence-corrected chi connectivity index (χ0v) is 12.1. The second-order valence-electron chi connectivity index (χ2n) is 4.73. The number of hydrogen-bond acceptors (Lipinski definition) is 3. The van der Waals surface area contributed by atoms with Crippen molar-refractivity contribution in [2.45, 2.75) is 19.3 Å². The number of ether oxygens (including phenoxy) is 1. The first-order valence-corrected chi connectivity index (χ1v) is 7.16. The highest BCUT2D eigenvalue weighted by molar-refractivity contribution is 9.10. The maximum atomic E-state index is 5.95. The number of fused-ring (bicyclic) bond motifs is 1. The molecule has 1 aliphatic heterocycles. The van der Waals surface area contributed by atoms with Crippen molar-refractivity contribution in [2.75, 3.05) is 12.3 Å². The van der Waals surface area contributed by atoms with Gasteiger partial charge in [0.15, 0.2) is 0 Å². The minimum atomic E-state index is 0.786. The molecule has 1 aromatic carbocycles. The molecule has 0 amide bonds. The maximum absolute atomic E-state index is 5.95. The Bertz CT molecular complexity index is 613. The van der Waals surface area contributed by atoms with Crippen molar-refractivity contribution in [1.29, 1.82) is 0 Å². The van der Waals surface area contributed by atoms with Crippen molar-refractivity contribution in [3.8, 4) is 5.75 Å². The minimum Gasteiger partial charge on any atom is -0.493 e. The smallest absolute Gasteiger partial charge is 0.125 e. The highest BCUT2D eigenvalue weighted by atomic mass is 79.9. The van der Waals surface area contributed by atoms with E-state index in [4.69, 9.17) is 10.5 Å². The Morgan fingerprint density at radius 1 is 1.26 bits per heavy atom. The lowest BCUT2D eigenvalue weighted by molar-refractivity contribution is 0.353. The summed E-state index contributed by atoms with van der Waals surface area (Å²) in [5.74, 6) is 1.06. The molecule has 1 aromatic heterocycles. The molecule has 3 rings (SSSR count). The van der Waals surface area contributed by atoms with Gasteiger partial charge in [0.2, 0.25) is 0 Å². The Kier molecular flexibility index (Phi) is 3.42. The van der Waals surface area contributed by atoms with Gasteiger partial charge >= 0.3 is 0 Å². The number of aromatic nitrogens is 1. The van der Waals surface area contributed by atoms with E-state index in [1.807, 2.05) is 12.3 Å². The van der Waals surface area contributed by atoms with Crippen LogP contribution in [0, 0.1) is 0 Å². The van der Waals surface area contributed by atoms with Gasteiger partial charge in [0, 0.05) is 29.0 Å². The lowest BCUT2D eigenvalue weighted by atomic mass is 10.0. The van der Waals surface area contributed by atoms with Gasteiger partial charge in [-0.05, 0) is 47.7 Å². The van der Waals surface area contributed by atoms with Crippen LogP contribution >= 0.6 is 15.9 Å². The summed E-state index contributed by atoms with van der Waals surface area (Å²) in [6.45, 7) is 0.786. The predicted octanol–water partition coefficient (Wildman–Crippen LogP) is 3.15. The van der Waals surface area contributed by atoms with Crippen LogP contribution in [-0.2, 0) is 19.3 Å². The molecule has 2 heterocycles. The van der Waals surface area contributed by atoms with Crippen LogP contribution in [0.4, 0.5) is 5.69 Å². The molecule has 0 aliphatic carbocycles. The molecule has 0 saturated carbocycles. The molecule has 98 valence electrons. The van der Waals surface area contributed by atoms with Crippen LogP contribution in [0.3, 0.4) is 0 Å². The SMILES string of the molecule is Nc1ccncc1CCc1cc(Br)cc2c1OCC2. The van der Waals surface area contributed by atoms with Crippen molar-refractivity contribution in [3.63, 3.8) is 0 Å². The van der Waals surface area contributed by atoms with Crippen molar-refractivity contribution >= 4 is 21.6 Å². The van der Waals surface area contributed by atoms with Crippen LogP contribution in [0.15, 0.2) is 35.1 Å². The first kappa shape index (κ1) is 12.5. The average Bonchev–Trinajstić information content (AvgIpc) is 2.85. The zero-order valence-electron chi connectivity index (χ0n) is 10.5. The number of rotatable bonds is 3. The molecule has 1 aliphatic rings. The maximum Gasteiger partial charge on any atom is 0.125 e. The van der Waals surface area contributed by atoms with Crippen molar-refractivity contribution in [2.24, 2.45) is 0 Å². The molecule has 0 unspecified atom stereocenters. The molecular weight excluding hydrogens is 304 g/mol. The summed E-state index contributed by atoms with van der Waals surface area (Å²) >= 11 is 3.56. The molecule has 0 bridgehead atoms. The molecule has 2 N–H and O–H groups in total. The summed E-state index contributed by atoms with van der Waals surface area (Å²) in [5, 5.41) is 0. The lowest BCUT2D eigenvalue weighted by Gasteiger charge is -2.10. The number of halogens is 1. The summed E-state index contributed by atoms with van der Waals surface area (Å²) in [6.07, 6.45) is 6.35. The monoisotopic (exact) mass is 318 g/mol. The van der Waals surface area contributed by atoms with E-state index in [2.05, 4.69) is 33.0 Å². The molecule has 0 atom stereocenters. The Hall–Kier alpha value is -1.55. The second-order valence-corrected chi connectivity index (χ2v) is 5.64. The third-order valence-corrected chi connectivity index (χ3v) is 3.89. The summed E-state index contributed by atoms with van der Waals surface area (Å²) < 4.78 is 6.85. The summed E-state index contributed by atoms with van der Waals surface area (Å²) in [7, 11) is 0. The van der Waals surface area contributed by atoms with Crippen LogP contribution < -0.4 is 10.5 Å². The fourth-order valence-electron chi connectivity index (χ4n) is 2.45. The van der Waals surface area contributed by atoms with Gasteiger partial charge in [-0.3, -0.25) is 4.98 Å². The molecular formula is C15H15BrN2O. The van der Waals surface area contributed by atoms with Gasteiger partial charge in [0.1, 0.15) is 5.75 Å². The van der Waals surface area contributed by atoms with Crippen LogP contribution in [0.25, 0.3) is 0 Å². The number of benzene rings is 1. The van der Waals surface area contributed by atoms with E-state index in [1.54, 1.807) is 6.20 Å². The summed E-state index contributed by atoms with van der Waals surface area (Å²) in [6, 6.07) is 6.12. The van der Waals surface area contributed by atoms with E-state index in [-0.39, 0.29) is 0 Å². The highest BCUT2D eigenvalue weighted by Crippen LogP contribution is 2.33. The molecule has 2 aromatic rings. The molecule has 0 saturated heterocycles. The number of anilines is 1. The molecule has 0 spiro atoms. The predicted molar refractivity (Wildman–Crippen MR) is 79.4 cm³/mol. The van der Waals surface area contributed by atoms with E-state index in [1.165, 1.54) is 11.1 Å². The number of hydrogen-bond donors (Lipinski definition) is 1. The Morgan fingerprint density at radius 3 is 2.95 bits per heavy atom. The Labute approximate surface area is 120 Å². The van der Waals surface area contributed by atoms with Gasteiger partial charge in [-0.25, -0.2) is 0 Å². The third kappa shape index (κ3) is 2.59. The van der Waals surface area contributed by atoms with Gasteiger partial charge in [-0.15, -0.1) is 0 Å². The van der Waals surface area contributed by atoms with Crippen molar-refractivity contribution in [3.05, 3.63) is 51.8 Å². The van der Waals surface area contributed by atoms with Gasteiger partial charge in [-0.1, -0.05) is 15.9 Å². The van der Waals surface area contributed by atoms with Crippen LogP contribution in [0.2, 0.25) is 0 Å². The van der Waals surface area contributed by atoms with Gasteiger partial charge in [0.05, 0.1) is 6.61 Å². The fourth-order valence-corrected chi connectivity index (χ4v) is 3.00. The van der Waals surface area contributed by atoms with Gasteiger partial charge in [-0.2, -0.15) is 0 Å². The zero-order chi connectivity index (χ0) is 13.2. The van der Waals surface area contributed by atoms with Crippen molar-refractivity contribution < 1.29 is 4.74 Å². The number of nitrogens with zero attached hydrogens (tertiary/aromatic N) is 1. The Morgan fingerprint density at radius 2 is 2.11 bits per heavy atom. The van der Waals surface area contributed by atoms with Gasteiger partial charge < -0.3 is 10.5 Å². The standard InChI is InChI=1S/C15H15BrN2O/c16-13-7-10(15-11(8-13)4-6-19-15)1-2-12-9-18-5-3-14(12)17/h3,5,7-9H,1-2,4,6H2,(H2,17,18). The second kappa shape index (κ2) is 5.21. The molecule has 0 fully saturated rings. The van der Waals surface area contributed by atoms with E-state index < -0.39 is 0 Å². The van der Waals surface area contributed by atoms with Crippen molar-refractivity contribution in [1.82, 2.24) is 4.98 Å². The number of pyridine rings is 1. The first-order chi connectivity index (χ1) is 9.24. The normalized spacial score (nSPS) is 13.1. The first-order valence-electron chi connectivity index (χ1n) is 6.36. The van der Waals surface area contributed by atoms with Crippen LogP contribution in [-0.4, -0.2) is 11.6 Å². The molecule has 3 nitrogen and oxygen atoms in total. The Balaban J connectivity index is 1.83. The van der Waals surface area contributed by atoms with E-state index in [0.717, 1.165) is 47.3 Å². The quantitative estimate of drug-likeness (QED) is 0.945. The number of aryl methyl sites for hydroxylation is 2. The van der Waals surface area contributed by atoms with Crippen LogP contribution in [0.1, 0.15) is 16.7 Å². The topological polar surface area (TPSA) is 48.1 Å². The molecule has 0 radical (unpaired) electrons. The number of nitrogen functional groups attached to an aromatic ring is 1. The summed E-state index contributed by atoms with van der Waals surface area (Å²) in [5.41, 5.74) is 10.4. The van der Waals surface area contributed by atoms with Gasteiger partial charge in [0.25, 0.3) is 0 Å². The van der Waals surface area contributed by atoms with Crippen LogP contribution in [0.5, 0.6) is 5.75 Å². The highest BCUT2D eigenvalue weighted by Gasteiger charge is 2.17. The third-order valence-electron chi connectivity index (χ3n) is 3.43. The van der Waals surface area contributed by atoms with E-state index in [0.29, 0.717) is 0 Å². The fraction of sp³-hybridized carbons (Fsp3) is 0.267. The largest absolute Gasteiger partial charge is 0.493 e. The van der Waals surface area contributed by atoms with E-state index >= 15 is 0 Å².